The fourth-order valence-electron chi connectivity index (χ4n) is 4.35. The second-order valence-corrected chi connectivity index (χ2v) is 9.71. The zero-order valence-corrected chi connectivity index (χ0v) is 19.3. The fraction of sp³-hybridized carbons (Fsp3) is 0.652. The number of piperidine rings is 1. The van der Waals surface area contributed by atoms with Gasteiger partial charge in [0, 0.05) is 43.6 Å². The van der Waals surface area contributed by atoms with Gasteiger partial charge in [0.1, 0.15) is 5.56 Å². The van der Waals surface area contributed by atoms with Crippen molar-refractivity contribution in [3.05, 3.63) is 39.9 Å². The average Bonchev–Trinajstić information content (AvgIpc) is 3.21. The quantitative estimate of drug-likeness (QED) is 0.733. The lowest BCUT2D eigenvalue weighted by Crippen LogP contribution is -2.48. The van der Waals surface area contributed by atoms with Gasteiger partial charge >= 0.3 is 0 Å². The molecule has 9 heteroatoms. The van der Waals surface area contributed by atoms with Crippen LogP contribution in [0.4, 0.5) is 0 Å². The Hall–Kier alpha value is -2.68. The van der Waals surface area contributed by atoms with E-state index >= 15 is 0 Å². The third-order valence-corrected chi connectivity index (χ3v) is 6.27. The van der Waals surface area contributed by atoms with Crippen LogP contribution in [0.15, 0.2) is 23.1 Å². The van der Waals surface area contributed by atoms with Crippen molar-refractivity contribution in [1.82, 2.24) is 29.8 Å². The van der Waals surface area contributed by atoms with E-state index in [1.807, 2.05) is 6.07 Å². The summed E-state index contributed by atoms with van der Waals surface area (Å²) in [7, 11) is 0. The molecular weight excluding hydrogens is 408 g/mol. The molecule has 32 heavy (non-hydrogen) atoms. The first kappa shape index (κ1) is 22.5. The van der Waals surface area contributed by atoms with Crippen molar-refractivity contribution < 1.29 is 9.53 Å². The Morgan fingerprint density at radius 2 is 2.03 bits per heavy atom. The Bertz CT molecular complexity index is 1010. The number of nitrogens with one attached hydrogen (secondary N) is 1. The summed E-state index contributed by atoms with van der Waals surface area (Å²) in [5.74, 6) is 0.424. The van der Waals surface area contributed by atoms with Gasteiger partial charge in [0.15, 0.2) is 0 Å². The van der Waals surface area contributed by atoms with Crippen LogP contribution in [0, 0.1) is 0 Å². The highest BCUT2D eigenvalue weighted by Crippen LogP contribution is 2.23. The lowest BCUT2D eigenvalue weighted by molar-refractivity contribution is 0.0903. The van der Waals surface area contributed by atoms with Crippen molar-refractivity contribution >= 4 is 5.91 Å². The maximum absolute atomic E-state index is 12.8. The van der Waals surface area contributed by atoms with Crippen molar-refractivity contribution in [2.24, 2.45) is 0 Å². The Labute approximate surface area is 188 Å². The summed E-state index contributed by atoms with van der Waals surface area (Å²) in [4.78, 5) is 27.5. The molecule has 0 saturated carbocycles. The molecule has 4 heterocycles. The normalized spacial score (nSPS) is 19.3. The van der Waals surface area contributed by atoms with Crippen LogP contribution in [0.5, 0.6) is 5.88 Å². The SMILES string of the molecule is CC(C)(C)c1ccc(=O)n(CCN2CCCCC2CNC(=O)c2cnn3c2OCCC3)n1. The number of hydrogen-bond acceptors (Lipinski definition) is 6. The standard InChI is InChI=1S/C23H34N6O3/c1-23(2,3)19-8-9-20(30)28(26-19)13-12-27-10-5-4-7-17(27)15-24-21(31)18-16-25-29-11-6-14-32-22(18)29/h8-9,16-17H,4-7,10-15H2,1-3H3,(H,24,31). The van der Waals surface area contributed by atoms with E-state index in [0.29, 0.717) is 31.1 Å². The van der Waals surface area contributed by atoms with Gasteiger partial charge in [0.05, 0.1) is 25.0 Å². The molecule has 0 spiro atoms. The van der Waals surface area contributed by atoms with Crippen LogP contribution in [0.1, 0.15) is 62.5 Å². The molecule has 0 aliphatic carbocycles. The van der Waals surface area contributed by atoms with E-state index in [9.17, 15) is 9.59 Å². The second kappa shape index (κ2) is 9.44. The van der Waals surface area contributed by atoms with Crippen molar-refractivity contribution in [3.63, 3.8) is 0 Å². The maximum atomic E-state index is 12.8. The number of aromatic nitrogens is 4. The van der Waals surface area contributed by atoms with Crippen LogP contribution in [-0.2, 0) is 18.5 Å². The third-order valence-electron chi connectivity index (χ3n) is 6.27. The molecule has 1 atom stereocenters. The Balaban J connectivity index is 1.37. The maximum Gasteiger partial charge on any atom is 0.266 e. The minimum atomic E-state index is -0.144. The number of nitrogens with zero attached hydrogens (tertiary/aromatic N) is 5. The number of carbonyl (C=O) groups excluding carboxylic acids is 1. The molecule has 2 aliphatic rings. The van der Waals surface area contributed by atoms with Crippen LogP contribution in [0.25, 0.3) is 0 Å². The monoisotopic (exact) mass is 442 g/mol. The molecule has 0 radical (unpaired) electrons. The summed E-state index contributed by atoms with van der Waals surface area (Å²) >= 11 is 0. The minimum absolute atomic E-state index is 0.0779. The van der Waals surface area contributed by atoms with Crippen molar-refractivity contribution in [2.45, 2.75) is 71.0 Å². The minimum Gasteiger partial charge on any atom is -0.477 e. The third kappa shape index (κ3) is 5.03. The van der Waals surface area contributed by atoms with E-state index in [-0.39, 0.29) is 22.9 Å². The zero-order valence-electron chi connectivity index (χ0n) is 19.3. The number of hydrogen-bond donors (Lipinski definition) is 1. The largest absolute Gasteiger partial charge is 0.477 e. The smallest absolute Gasteiger partial charge is 0.266 e. The number of ether oxygens (including phenoxy) is 1. The van der Waals surface area contributed by atoms with E-state index in [1.54, 1.807) is 21.6 Å². The Morgan fingerprint density at radius 1 is 1.19 bits per heavy atom. The summed E-state index contributed by atoms with van der Waals surface area (Å²) in [5, 5.41) is 11.9. The molecule has 1 unspecified atom stereocenters. The molecule has 174 valence electrons. The number of carbonyl (C=O) groups is 1. The topological polar surface area (TPSA) is 94.3 Å². The summed E-state index contributed by atoms with van der Waals surface area (Å²) in [6, 6.07) is 3.66. The molecule has 9 nitrogen and oxygen atoms in total. The molecule has 1 amide bonds. The Morgan fingerprint density at radius 3 is 2.84 bits per heavy atom. The summed E-state index contributed by atoms with van der Waals surface area (Å²) in [6.45, 7) is 10.5. The highest BCUT2D eigenvalue weighted by Gasteiger charge is 2.26. The predicted octanol–water partition coefficient (Wildman–Crippen LogP) is 1.80. The fourth-order valence-corrected chi connectivity index (χ4v) is 4.35. The molecule has 1 saturated heterocycles. The van der Waals surface area contributed by atoms with Crippen molar-refractivity contribution in [1.29, 1.82) is 0 Å². The summed E-state index contributed by atoms with van der Waals surface area (Å²) < 4.78 is 8.97. The van der Waals surface area contributed by atoms with Gasteiger partial charge in [-0.3, -0.25) is 14.5 Å². The molecule has 2 aromatic rings. The lowest BCUT2D eigenvalue weighted by atomic mass is 9.92. The van der Waals surface area contributed by atoms with Gasteiger partial charge in [-0.15, -0.1) is 0 Å². The molecule has 1 N–H and O–H groups in total. The molecular formula is C23H34N6O3. The second-order valence-electron chi connectivity index (χ2n) is 9.71. The molecule has 2 aromatic heterocycles. The van der Waals surface area contributed by atoms with Gasteiger partial charge in [-0.25, -0.2) is 9.36 Å². The average molecular weight is 443 g/mol. The van der Waals surface area contributed by atoms with Crippen LogP contribution in [0.3, 0.4) is 0 Å². The molecule has 0 aromatic carbocycles. The number of aryl methyl sites for hydroxylation is 1. The molecule has 0 bridgehead atoms. The van der Waals surface area contributed by atoms with Crippen LogP contribution < -0.4 is 15.6 Å². The van der Waals surface area contributed by atoms with Crippen molar-refractivity contribution in [2.75, 3.05) is 26.2 Å². The summed E-state index contributed by atoms with van der Waals surface area (Å²) in [5.41, 5.74) is 1.23. The van der Waals surface area contributed by atoms with Gasteiger partial charge in [-0.2, -0.15) is 10.2 Å². The van der Waals surface area contributed by atoms with Crippen molar-refractivity contribution in [3.8, 4) is 5.88 Å². The number of amides is 1. The van der Waals surface area contributed by atoms with Gasteiger partial charge < -0.3 is 10.1 Å². The van der Waals surface area contributed by atoms with Gasteiger partial charge in [0.2, 0.25) is 5.88 Å². The molecule has 2 aliphatic heterocycles. The molecule has 1 fully saturated rings. The summed E-state index contributed by atoms with van der Waals surface area (Å²) in [6.07, 6.45) is 5.78. The Kier molecular flexibility index (Phi) is 6.64. The van der Waals surface area contributed by atoms with E-state index in [1.165, 1.54) is 0 Å². The highest BCUT2D eigenvalue weighted by molar-refractivity contribution is 5.96. The van der Waals surface area contributed by atoms with Crippen LogP contribution >= 0.6 is 0 Å². The van der Waals surface area contributed by atoms with Crippen LogP contribution in [-0.4, -0.2) is 62.7 Å². The number of likely N-dealkylation sites (tertiary alicyclic amines) is 1. The van der Waals surface area contributed by atoms with Gasteiger partial charge in [-0.05, 0) is 25.5 Å². The van der Waals surface area contributed by atoms with Crippen LogP contribution in [0.2, 0.25) is 0 Å². The van der Waals surface area contributed by atoms with E-state index in [4.69, 9.17) is 4.74 Å². The highest BCUT2D eigenvalue weighted by atomic mass is 16.5. The van der Waals surface area contributed by atoms with Gasteiger partial charge in [0.25, 0.3) is 11.5 Å². The predicted molar refractivity (Wildman–Crippen MR) is 121 cm³/mol. The molecule has 4 rings (SSSR count). The number of fused-ring (bicyclic) bond motifs is 1. The first-order valence-electron chi connectivity index (χ1n) is 11.6. The van der Waals surface area contributed by atoms with E-state index in [0.717, 1.165) is 51.0 Å². The first-order chi connectivity index (χ1) is 15.3. The van der Waals surface area contributed by atoms with Gasteiger partial charge in [-0.1, -0.05) is 27.2 Å². The zero-order chi connectivity index (χ0) is 22.7. The van der Waals surface area contributed by atoms with E-state index < -0.39 is 0 Å². The first-order valence-corrected chi connectivity index (χ1v) is 11.6. The lowest BCUT2D eigenvalue weighted by Gasteiger charge is -2.35. The number of rotatable bonds is 6. The van der Waals surface area contributed by atoms with E-state index in [2.05, 4.69) is 41.2 Å².